The highest BCUT2D eigenvalue weighted by molar-refractivity contribution is 7.47. The Bertz CT molecular complexity index is 772. The normalized spacial score (nSPS) is 14.1. The molecule has 8 nitrogen and oxygen atoms in total. The maximum atomic E-state index is 12.6. The molecule has 1 N–H and O–H groups in total. The van der Waals surface area contributed by atoms with Gasteiger partial charge < -0.3 is 18.9 Å². The molecule has 0 heterocycles. The van der Waals surface area contributed by atoms with E-state index in [9.17, 15) is 14.3 Å². The SMILES string of the molecule is CCCC/C=C\CCCCCCCC(=O)OC(COCCCCCCCCCCCCCCCC)COP(=O)(O)OCC[N+](C)(C)C. The van der Waals surface area contributed by atoms with Crippen molar-refractivity contribution in [1.29, 1.82) is 0 Å². The van der Waals surface area contributed by atoms with Crippen molar-refractivity contribution < 1.29 is 37.3 Å². The number of phosphoric acid groups is 1. The number of esters is 1. The number of hydrogen-bond acceptors (Lipinski definition) is 6. The van der Waals surface area contributed by atoms with E-state index in [4.69, 9.17) is 18.5 Å². The van der Waals surface area contributed by atoms with Gasteiger partial charge in [0.15, 0.2) is 0 Å². The number of likely N-dealkylation sites (N-methyl/N-ethyl adjacent to an activating group) is 1. The van der Waals surface area contributed by atoms with E-state index in [0.717, 1.165) is 44.9 Å². The number of carbonyl (C=O) groups is 1. The molecule has 0 aromatic heterocycles. The molecule has 0 aromatic rings. The average molecular weight is 691 g/mol. The van der Waals surface area contributed by atoms with Crippen LogP contribution in [-0.2, 0) is 27.9 Å². The Morgan fingerprint density at radius 3 is 1.68 bits per heavy atom. The van der Waals surface area contributed by atoms with Crippen molar-refractivity contribution in [3.05, 3.63) is 12.2 Å². The van der Waals surface area contributed by atoms with Gasteiger partial charge in [-0.3, -0.25) is 13.8 Å². The zero-order valence-corrected chi connectivity index (χ0v) is 32.4. The van der Waals surface area contributed by atoms with E-state index in [1.807, 2.05) is 21.1 Å². The quantitative estimate of drug-likeness (QED) is 0.0230. The highest BCUT2D eigenvalue weighted by atomic mass is 31.2. The van der Waals surface area contributed by atoms with Crippen LogP contribution in [0.5, 0.6) is 0 Å². The fourth-order valence-electron chi connectivity index (χ4n) is 5.24. The molecular formula is C38H77NO7P+. The molecule has 0 saturated carbocycles. The summed E-state index contributed by atoms with van der Waals surface area (Å²) >= 11 is 0. The first-order valence-electron chi connectivity index (χ1n) is 19.4. The zero-order valence-electron chi connectivity index (χ0n) is 31.5. The van der Waals surface area contributed by atoms with Crippen molar-refractivity contribution in [2.24, 2.45) is 0 Å². The topological polar surface area (TPSA) is 91.3 Å². The lowest BCUT2D eigenvalue weighted by atomic mass is 10.0. The molecule has 0 aliphatic carbocycles. The van der Waals surface area contributed by atoms with Crippen LogP contribution in [0.1, 0.15) is 168 Å². The van der Waals surface area contributed by atoms with E-state index >= 15 is 0 Å². The molecule has 0 fully saturated rings. The molecule has 0 spiro atoms. The number of hydrogen-bond donors (Lipinski definition) is 1. The van der Waals surface area contributed by atoms with Gasteiger partial charge in [0.25, 0.3) is 0 Å². The molecule has 9 heteroatoms. The third-order valence-electron chi connectivity index (χ3n) is 8.33. The van der Waals surface area contributed by atoms with E-state index in [-0.39, 0.29) is 25.8 Å². The first-order valence-corrected chi connectivity index (χ1v) is 20.9. The van der Waals surface area contributed by atoms with Gasteiger partial charge in [0.05, 0.1) is 34.4 Å². The molecule has 0 saturated heterocycles. The van der Waals surface area contributed by atoms with Crippen molar-refractivity contribution in [1.82, 2.24) is 0 Å². The van der Waals surface area contributed by atoms with Crippen LogP contribution in [-0.4, -0.2) is 75.6 Å². The van der Waals surface area contributed by atoms with Gasteiger partial charge in [-0.05, 0) is 32.1 Å². The van der Waals surface area contributed by atoms with E-state index in [1.165, 1.54) is 103 Å². The van der Waals surface area contributed by atoms with Gasteiger partial charge in [-0.15, -0.1) is 0 Å². The third kappa shape index (κ3) is 36.3. The van der Waals surface area contributed by atoms with Gasteiger partial charge in [0.1, 0.15) is 19.3 Å². The van der Waals surface area contributed by atoms with Gasteiger partial charge >= 0.3 is 13.8 Å². The van der Waals surface area contributed by atoms with Gasteiger partial charge in [-0.25, -0.2) is 4.57 Å². The maximum absolute atomic E-state index is 12.6. The van der Waals surface area contributed by atoms with Crippen LogP contribution in [0.25, 0.3) is 0 Å². The number of unbranched alkanes of at least 4 members (excludes halogenated alkanes) is 20. The highest BCUT2D eigenvalue weighted by Crippen LogP contribution is 2.43. The molecule has 0 bridgehead atoms. The fourth-order valence-corrected chi connectivity index (χ4v) is 5.98. The summed E-state index contributed by atoms with van der Waals surface area (Å²) in [7, 11) is 1.67. The minimum absolute atomic E-state index is 0.0898. The number of allylic oxidation sites excluding steroid dienone is 2. The van der Waals surface area contributed by atoms with E-state index in [2.05, 4.69) is 26.0 Å². The Morgan fingerprint density at radius 1 is 0.638 bits per heavy atom. The monoisotopic (exact) mass is 691 g/mol. The van der Waals surface area contributed by atoms with Gasteiger partial charge in [-0.2, -0.15) is 0 Å². The molecule has 2 atom stereocenters. The molecule has 0 aliphatic heterocycles. The molecule has 47 heavy (non-hydrogen) atoms. The van der Waals surface area contributed by atoms with Crippen LogP contribution in [0.4, 0.5) is 0 Å². The zero-order chi connectivity index (χ0) is 34.9. The first-order chi connectivity index (χ1) is 22.6. The number of ether oxygens (including phenoxy) is 2. The van der Waals surface area contributed by atoms with Gasteiger partial charge in [0, 0.05) is 13.0 Å². The van der Waals surface area contributed by atoms with E-state index < -0.39 is 13.9 Å². The van der Waals surface area contributed by atoms with Gasteiger partial charge in [-0.1, -0.05) is 142 Å². The number of nitrogens with zero attached hydrogens (tertiary/aromatic N) is 1. The van der Waals surface area contributed by atoms with Crippen molar-refractivity contribution >= 4 is 13.8 Å². The Hall–Kier alpha value is -0.760. The largest absolute Gasteiger partial charge is 0.472 e. The number of quaternary nitrogens is 1. The van der Waals surface area contributed by atoms with Crippen molar-refractivity contribution in [2.75, 3.05) is 54.1 Å². The van der Waals surface area contributed by atoms with E-state index in [0.29, 0.717) is 24.1 Å². The molecule has 280 valence electrons. The summed E-state index contributed by atoms with van der Waals surface area (Å²) in [5, 5.41) is 0. The molecule has 0 amide bonds. The second kappa shape index (κ2) is 32.4. The minimum atomic E-state index is -4.26. The predicted molar refractivity (Wildman–Crippen MR) is 197 cm³/mol. The molecule has 0 radical (unpaired) electrons. The Balaban J connectivity index is 4.27. The first kappa shape index (κ1) is 46.2. The smallest absolute Gasteiger partial charge is 0.457 e. The third-order valence-corrected chi connectivity index (χ3v) is 9.31. The predicted octanol–water partition coefficient (Wildman–Crippen LogP) is 10.7. The van der Waals surface area contributed by atoms with Crippen molar-refractivity contribution in [3.63, 3.8) is 0 Å². The summed E-state index contributed by atoms with van der Waals surface area (Å²) in [6.45, 7) is 5.59. The van der Waals surface area contributed by atoms with Crippen LogP contribution >= 0.6 is 7.82 Å². The summed E-state index contributed by atoms with van der Waals surface area (Å²) in [5.41, 5.74) is 0. The van der Waals surface area contributed by atoms with E-state index in [1.54, 1.807) is 0 Å². The van der Waals surface area contributed by atoms with Crippen LogP contribution in [0, 0.1) is 0 Å². The second-order valence-electron chi connectivity index (χ2n) is 14.3. The molecule has 2 unspecified atom stereocenters. The summed E-state index contributed by atoms with van der Waals surface area (Å²) in [4.78, 5) is 22.7. The Morgan fingerprint density at radius 2 is 1.13 bits per heavy atom. The molecule has 0 aromatic carbocycles. The van der Waals surface area contributed by atoms with Crippen LogP contribution in [0.3, 0.4) is 0 Å². The maximum Gasteiger partial charge on any atom is 0.472 e. The molecular weight excluding hydrogens is 613 g/mol. The number of rotatable bonds is 36. The lowest BCUT2D eigenvalue weighted by Crippen LogP contribution is -2.37. The standard InChI is InChI=1S/C38H76NO7P/c1-6-8-10-12-14-16-18-19-20-22-24-26-28-30-33-43-35-37(36-45-47(41,42)44-34-32-39(3,4)5)46-38(40)31-29-27-25-23-21-17-15-13-11-9-7-2/h13,15,37H,6-12,14,16-36H2,1-5H3/p+1/b15-13-. The lowest BCUT2D eigenvalue weighted by Gasteiger charge is -2.24. The summed E-state index contributed by atoms with van der Waals surface area (Å²) in [6, 6.07) is 0. The number of phosphoric ester groups is 1. The molecule has 0 rings (SSSR count). The highest BCUT2D eigenvalue weighted by Gasteiger charge is 2.26. The Kier molecular flexibility index (Phi) is 31.9. The van der Waals surface area contributed by atoms with Crippen LogP contribution in [0.2, 0.25) is 0 Å². The lowest BCUT2D eigenvalue weighted by molar-refractivity contribution is -0.870. The van der Waals surface area contributed by atoms with Crippen molar-refractivity contribution in [3.8, 4) is 0 Å². The fraction of sp³-hybridized carbons (Fsp3) is 0.921. The molecule has 0 aliphatic rings. The Labute approximate surface area is 290 Å². The van der Waals surface area contributed by atoms with Gasteiger partial charge in [0.2, 0.25) is 0 Å². The average Bonchev–Trinajstić information content (AvgIpc) is 3.01. The van der Waals surface area contributed by atoms with Crippen LogP contribution < -0.4 is 0 Å². The summed E-state index contributed by atoms with van der Waals surface area (Å²) < 4.78 is 34.8. The summed E-state index contributed by atoms with van der Waals surface area (Å²) in [6.07, 6.45) is 32.3. The number of carbonyl (C=O) groups excluding carboxylic acids is 1. The minimum Gasteiger partial charge on any atom is -0.457 e. The second-order valence-corrected chi connectivity index (χ2v) is 15.8. The van der Waals surface area contributed by atoms with Crippen molar-refractivity contribution in [2.45, 2.75) is 174 Å². The summed E-state index contributed by atoms with van der Waals surface area (Å²) in [5.74, 6) is -0.323. The van der Waals surface area contributed by atoms with Crippen LogP contribution in [0.15, 0.2) is 12.2 Å².